The van der Waals surface area contributed by atoms with Gasteiger partial charge in [0.2, 0.25) is 0 Å². The van der Waals surface area contributed by atoms with Crippen LogP contribution in [0.1, 0.15) is 35.5 Å². The Bertz CT molecular complexity index is 923. The highest BCUT2D eigenvalue weighted by molar-refractivity contribution is 5.93. The number of anilines is 1. The molecule has 2 N–H and O–H groups in total. The van der Waals surface area contributed by atoms with Gasteiger partial charge in [-0.15, -0.1) is 0 Å². The third-order valence-electron chi connectivity index (χ3n) is 4.13. The summed E-state index contributed by atoms with van der Waals surface area (Å²) in [5.41, 5.74) is 3.45. The Kier molecular flexibility index (Phi) is 5.81. The average molecular weight is 360 g/mol. The molecule has 0 fully saturated rings. The number of rotatable bonds is 6. The van der Waals surface area contributed by atoms with E-state index in [4.69, 9.17) is 0 Å². The second-order valence-electron chi connectivity index (χ2n) is 6.74. The summed E-state index contributed by atoms with van der Waals surface area (Å²) < 4.78 is 0. The van der Waals surface area contributed by atoms with Crippen molar-refractivity contribution in [2.24, 2.45) is 0 Å². The molecule has 3 aromatic rings. The van der Waals surface area contributed by atoms with Gasteiger partial charge >= 0.3 is 0 Å². The van der Waals surface area contributed by atoms with E-state index in [1.807, 2.05) is 75.4 Å². The SMILES string of the molecule is Cc1ccccc1CNC(=O)c1cc(NC(C)C)nc(-c2ccccc2)n1. The summed E-state index contributed by atoms with van der Waals surface area (Å²) in [6.45, 7) is 6.55. The van der Waals surface area contributed by atoms with E-state index in [1.165, 1.54) is 0 Å². The van der Waals surface area contributed by atoms with Gasteiger partial charge in [-0.3, -0.25) is 4.79 Å². The first-order valence-corrected chi connectivity index (χ1v) is 9.06. The molecule has 0 saturated heterocycles. The molecule has 0 spiro atoms. The fourth-order valence-corrected chi connectivity index (χ4v) is 2.72. The van der Waals surface area contributed by atoms with E-state index in [-0.39, 0.29) is 11.9 Å². The monoisotopic (exact) mass is 360 g/mol. The number of aromatic nitrogens is 2. The first-order chi connectivity index (χ1) is 13.0. The minimum absolute atomic E-state index is 0.200. The summed E-state index contributed by atoms with van der Waals surface area (Å²) in [6, 6.07) is 19.6. The van der Waals surface area contributed by atoms with Crippen LogP contribution in [0.5, 0.6) is 0 Å². The van der Waals surface area contributed by atoms with Crippen LogP contribution in [0.25, 0.3) is 11.4 Å². The van der Waals surface area contributed by atoms with Gasteiger partial charge in [-0.05, 0) is 31.9 Å². The van der Waals surface area contributed by atoms with E-state index in [0.29, 0.717) is 23.9 Å². The Labute approximate surface area is 159 Å². The van der Waals surface area contributed by atoms with Crippen LogP contribution in [-0.4, -0.2) is 21.9 Å². The minimum Gasteiger partial charge on any atom is -0.368 e. The van der Waals surface area contributed by atoms with Crippen molar-refractivity contribution in [2.75, 3.05) is 5.32 Å². The molecule has 138 valence electrons. The molecule has 0 aliphatic rings. The number of carbonyl (C=O) groups excluding carboxylic acids is 1. The molecule has 3 rings (SSSR count). The van der Waals surface area contributed by atoms with Crippen molar-refractivity contribution in [1.29, 1.82) is 0 Å². The fraction of sp³-hybridized carbons (Fsp3) is 0.227. The summed E-state index contributed by atoms with van der Waals surface area (Å²) in [7, 11) is 0. The molecule has 5 heteroatoms. The predicted molar refractivity (Wildman–Crippen MR) is 109 cm³/mol. The number of nitrogens with one attached hydrogen (secondary N) is 2. The number of hydrogen-bond acceptors (Lipinski definition) is 4. The first kappa shape index (κ1) is 18.6. The maximum Gasteiger partial charge on any atom is 0.270 e. The molecule has 0 aliphatic carbocycles. The Morgan fingerprint density at radius 3 is 2.41 bits per heavy atom. The fourth-order valence-electron chi connectivity index (χ4n) is 2.72. The number of nitrogens with zero attached hydrogens (tertiary/aromatic N) is 2. The van der Waals surface area contributed by atoms with Crippen molar-refractivity contribution in [3.8, 4) is 11.4 Å². The molecule has 2 aromatic carbocycles. The molecule has 1 heterocycles. The lowest BCUT2D eigenvalue weighted by Crippen LogP contribution is -2.25. The third kappa shape index (κ3) is 4.91. The number of aryl methyl sites for hydroxylation is 1. The lowest BCUT2D eigenvalue weighted by Gasteiger charge is -2.13. The molecule has 0 atom stereocenters. The van der Waals surface area contributed by atoms with E-state index < -0.39 is 0 Å². The summed E-state index contributed by atoms with van der Waals surface area (Å²) in [5, 5.41) is 6.22. The molecule has 0 aliphatic heterocycles. The average Bonchev–Trinajstić information content (AvgIpc) is 2.67. The van der Waals surface area contributed by atoms with Crippen molar-refractivity contribution in [3.05, 3.63) is 77.5 Å². The van der Waals surface area contributed by atoms with Crippen LogP contribution >= 0.6 is 0 Å². The van der Waals surface area contributed by atoms with Crippen LogP contribution in [-0.2, 0) is 6.54 Å². The standard InChI is InChI=1S/C22H24N4O/c1-15(2)24-20-13-19(25-21(26-20)17-10-5-4-6-11-17)22(27)23-14-18-12-8-7-9-16(18)3/h4-13,15H,14H2,1-3H3,(H,23,27)(H,24,25,26). The zero-order chi connectivity index (χ0) is 19.2. The van der Waals surface area contributed by atoms with Crippen LogP contribution in [0.2, 0.25) is 0 Å². The quantitative estimate of drug-likeness (QED) is 0.691. The van der Waals surface area contributed by atoms with Gasteiger partial charge in [0.15, 0.2) is 5.82 Å². The van der Waals surface area contributed by atoms with Crippen LogP contribution in [0.4, 0.5) is 5.82 Å². The Balaban J connectivity index is 1.86. The number of amides is 1. The van der Waals surface area contributed by atoms with E-state index >= 15 is 0 Å². The number of carbonyl (C=O) groups is 1. The van der Waals surface area contributed by atoms with E-state index in [1.54, 1.807) is 6.07 Å². The van der Waals surface area contributed by atoms with Crippen molar-refractivity contribution < 1.29 is 4.79 Å². The Morgan fingerprint density at radius 1 is 1.00 bits per heavy atom. The van der Waals surface area contributed by atoms with Crippen molar-refractivity contribution >= 4 is 11.7 Å². The zero-order valence-corrected chi connectivity index (χ0v) is 15.9. The molecule has 0 radical (unpaired) electrons. The molecule has 0 unspecified atom stereocenters. The van der Waals surface area contributed by atoms with Crippen molar-refractivity contribution in [2.45, 2.75) is 33.4 Å². The van der Waals surface area contributed by atoms with Gasteiger partial charge < -0.3 is 10.6 Å². The zero-order valence-electron chi connectivity index (χ0n) is 15.9. The third-order valence-corrected chi connectivity index (χ3v) is 4.13. The summed E-state index contributed by atoms with van der Waals surface area (Å²) in [5.74, 6) is 0.951. The van der Waals surface area contributed by atoms with Gasteiger partial charge in [-0.2, -0.15) is 0 Å². The van der Waals surface area contributed by atoms with Gasteiger partial charge in [0, 0.05) is 24.2 Å². The lowest BCUT2D eigenvalue weighted by atomic mass is 10.1. The van der Waals surface area contributed by atoms with Gasteiger partial charge in [0.05, 0.1) is 0 Å². The number of hydrogen-bond donors (Lipinski definition) is 2. The number of benzene rings is 2. The van der Waals surface area contributed by atoms with E-state index in [2.05, 4.69) is 20.6 Å². The van der Waals surface area contributed by atoms with Gasteiger partial charge in [0.1, 0.15) is 11.5 Å². The van der Waals surface area contributed by atoms with Gasteiger partial charge in [0.25, 0.3) is 5.91 Å². The molecule has 0 bridgehead atoms. The summed E-state index contributed by atoms with van der Waals surface area (Å²) in [4.78, 5) is 21.8. The van der Waals surface area contributed by atoms with Crippen LogP contribution in [0.15, 0.2) is 60.7 Å². The molecule has 1 amide bonds. The van der Waals surface area contributed by atoms with Crippen molar-refractivity contribution in [3.63, 3.8) is 0 Å². The summed E-state index contributed by atoms with van der Waals surface area (Å²) in [6.07, 6.45) is 0. The highest BCUT2D eigenvalue weighted by atomic mass is 16.1. The van der Waals surface area contributed by atoms with Gasteiger partial charge in [-0.1, -0.05) is 54.6 Å². The highest BCUT2D eigenvalue weighted by Crippen LogP contribution is 2.18. The van der Waals surface area contributed by atoms with Gasteiger partial charge in [-0.25, -0.2) is 9.97 Å². The smallest absolute Gasteiger partial charge is 0.270 e. The van der Waals surface area contributed by atoms with Crippen LogP contribution in [0, 0.1) is 6.92 Å². The maximum absolute atomic E-state index is 12.7. The molecule has 1 aromatic heterocycles. The highest BCUT2D eigenvalue weighted by Gasteiger charge is 2.14. The Morgan fingerprint density at radius 2 is 1.70 bits per heavy atom. The van der Waals surface area contributed by atoms with Crippen LogP contribution < -0.4 is 10.6 Å². The van der Waals surface area contributed by atoms with E-state index in [0.717, 1.165) is 16.7 Å². The molecule has 5 nitrogen and oxygen atoms in total. The van der Waals surface area contributed by atoms with Crippen LogP contribution in [0.3, 0.4) is 0 Å². The predicted octanol–water partition coefficient (Wildman–Crippen LogP) is 4.20. The molecule has 27 heavy (non-hydrogen) atoms. The molecular weight excluding hydrogens is 336 g/mol. The molecular formula is C22H24N4O. The summed E-state index contributed by atoms with van der Waals surface area (Å²) >= 11 is 0. The lowest BCUT2D eigenvalue weighted by molar-refractivity contribution is 0.0946. The molecule has 0 saturated carbocycles. The second-order valence-corrected chi connectivity index (χ2v) is 6.74. The maximum atomic E-state index is 12.7. The Hall–Kier alpha value is -3.21. The first-order valence-electron chi connectivity index (χ1n) is 9.06. The van der Waals surface area contributed by atoms with E-state index in [9.17, 15) is 4.79 Å². The minimum atomic E-state index is -0.218. The largest absolute Gasteiger partial charge is 0.368 e. The normalized spacial score (nSPS) is 10.7. The topological polar surface area (TPSA) is 66.9 Å². The second kappa shape index (κ2) is 8.45. The van der Waals surface area contributed by atoms with Crippen molar-refractivity contribution in [1.82, 2.24) is 15.3 Å².